The van der Waals surface area contributed by atoms with E-state index in [0.717, 1.165) is 11.3 Å². The Bertz CT molecular complexity index is 589. The van der Waals surface area contributed by atoms with Crippen LogP contribution in [0.5, 0.6) is 0 Å². The molecule has 0 aliphatic carbocycles. The average Bonchev–Trinajstić information content (AvgIpc) is 2.78. The molecule has 0 unspecified atom stereocenters. The number of aromatic nitrogens is 2. The molecule has 100 valence electrons. The van der Waals surface area contributed by atoms with E-state index >= 15 is 0 Å². The van der Waals surface area contributed by atoms with Gasteiger partial charge in [-0.05, 0) is 43.3 Å². The van der Waals surface area contributed by atoms with Gasteiger partial charge in [0.1, 0.15) is 0 Å². The minimum atomic E-state index is 0.623. The summed E-state index contributed by atoms with van der Waals surface area (Å²) >= 11 is 5.30. The molecule has 2 rings (SSSR count). The Morgan fingerprint density at radius 2 is 2.16 bits per heavy atom. The van der Waals surface area contributed by atoms with Crippen molar-refractivity contribution >= 4 is 23.0 Å². The summed E-state index contributed by atoms with van der Waals surface area (Å²) in [5, 5.41) is 11.1. The lowest BCUT2D eigenvalue weighted by molar-refractivity contribution is 0.766. The molecule has 0 saturated heterocycles. The minimum Gasteiger partial charge on any atom is -0.358 e. The Hall–Kier alpha value is -1.88. The van der Waals surface area contributed by atoms with Gasteiger partial charge in [-0.1, -0.05) is 12.1 Å². The molecule has 0 saturated carbocycles. The Labute approximate surface area is 118 Å². The summed E-state index contributed by atoms with van der Waals surface area (Å²) in [6.45, 7) is 4.85. The van der Waals surface area contributed by atoms with Gasteiger partial charge in [-0.3, -0.25) is 4.68 Å². The molecule has 2 aromatic rings. The van der Waals surface area contributed by atoms with E-state index in [9.17, 15) is 0 Å². The molecule has 0 fully saturated rings. The quantitative estimate of drug-likeness (QED) is 0.844. The monoisotopic (exact) mass is 274 g/mol. The zero-order valence-electron chi connectivity index (χ0n) is 11.4. The summed E-state index contributed by atoms with van der Waals surface area (Å²) in [4.78, 5) is 0. The van der Waals surface area contributed by atoms with Crippen LogP contribution in [0.2, 0.25) is 0 Å². The topological polar surface area (TPSA) is 41.9 Å². The summed E-state index contributed by atoms with van der Waals surface area (Å²) < 4.78 is 1.78. The van der Waals surface area contributed by atoms with Crippen LogP contribution >= 0.6 is 12.2 Å². The third-order valence-electron chi connectivity index (χ3n) is 3.06. The number of rotatable bonds is 3. The smallest absolute Gasteiger partial charge is 0.171 e. The highest BCUT2D eigenvalue weighted by Gasteiger charge is 2.03. The summed E-state index contributed by atoms with van der Waals surface area (Å²) in [6, 6.07) is 6.14. The summed E-state index contributed by atoms with van der Waals surface area (Å²) in [5.74, 6) is 0. The normalized spacial score (nSPS) is 10.3. The fourth-order valence-corrected chi connectivity index (χ4v) is 1.98. The molecule has 4 nitrogen and oxygen atoms in total. The molecule has 19 heavy (non-hydrogen) atoms. The van der Waals surface area contributed by atoms with Gasteiger partial charge in [-0.15, -0.1) is 0 Å². The lowest BCUT2D eigenvalue weighted by atomic mass is 10.1. The number of hydrogen-bond acceptors (Lipinski definition) is 2. The van der Waals surface area contributed by atoms with Crippen molar-refractivity contribution in [2.24, 2.45) is 7.05 Å². The molecule has 0 radical (unpaired) electrons. The predicted octanol–water partition coefficient (Wildman–Crippen LogP) is 2.52. The van der Waals surface area contributed by atoms with Crippen molar-refractivity contribution in [3.8, 4) is 0 Å². The van der Waals surface area contributed by atoms with Crippen LogP contribution in [-0.4, -0.2) is 14.9 Å². The molecule has 0 bridgehead atoms. The standard InChI is InChI=1S/C14H18N4S/c1-10-5-4-6-13(11(10)2)17-14(19)15-7-12-8-16-18(3)9-12/h4-6,8-9H,7H2,1-3H3,(H2,15,17,19). The lowest BCUT2D eigenvalue weighted by Gasteiger charge is -2.13. The Morgan fingerprint density at radius 3 is 2.84 bits per heavy atom. The van der Waals surface area contributed by atoms with Crippen LogP contribution in [0.25, 0.3) is 0 Å². The number of nitrogens with one attached hydrogen (secondary N) is 2. The van der Waals surface area contributed by atoms with Crippen molar-refractivity contribution in [1.29, 1.82) is 0 Å². The summed E-state index contributed by atoms with van der Waals surface area (Å²) in [5.41, 5.74) is 4.62. The first kappa shape index (κ1) is 13.5. The van der Waals surface area contributed by atoms with Gasteiger partial charge in [0.25, 0.3) is 0 Å². The van der Waals surface area contributed by atoms with Crippen molar-refractivity contribution in [3.63, 3.8) is 0 Å². The first-order valence-electron chi connectivity index (χ1n) is 6.15. The van der Waals surface area contributed by atoms with E-state index in [-0.39, 0.29) is 0 Å². The second-order valence-corrected chi connectivity index (χ2v) is 4.99. The molecule has 0 amide bonds. The van der Waals surface area contributed by atoms with Crippen LogP contribution in [0.15, 0.2) is 30.6 Å². The number of aryl methyl sites for hydroxylation is 2. The highest BCUT2D eigenvalue weighted by molar-refractivity contribution is 7.80. The SMILES string of the molecule is Cc1cccc(NC(=S)NCc2cnn(C)c2)c1C. The van der Waals surface area contributed by atoms with E-state index in [1.165, 1.54) is 11.1 Å². The number of thiocarbonyl (C=S) groups is 1. The minimum absolute atomic E-state index is 0.623. The van der Waals surface area contributed by atoms with Gasteiger partial charge in [0.2, 0.25) is 0 Å². The van der Waals surface area contributed by atoms with Gasteiger partial charge >= 0.3 is 0 Å². The fourth-order valence-electron chi connectivity index (χ4n) is 1.80. The molecule has 1 heterocycles. The molecule has 5 heteroatoms. The van der Waals surface area contributed by atoms with Crippen molar-refractivity contribution < 1.29 is 0 Å². The van der Waals surface area contributed by atoms with E-state index in [0.29, 0.717) is 11.7 Å². The Morgan fingerprint density at radius 1 is 1.37 bits per heavy atom. The third-order valence-corrected chi connectivity index (χ3v) is 3.31. The Balaban J connectivity index is 1.92. The molecule has 1 aromatic carbocycles. The number of hydrogen-bond donors (Lipinski definition) is 2. The molecule has 0 aliphatic heterocycles. The highest BCUT2D eigenvalue weighted by Crippen LogP contribution is 2.17. The number of nitrogens with zero attached hydrogens (tertiary/aromatic N) is 2. The van der Waals surface area contributed by atoms with Gasteiger partial charge in [0.05, 0.1) is 6.20 Å². The maximum absolute atomic E-state index is 5.30. The van der Waals surface area contributed by atoms with Gasteiger partial charge in [0, 0.05) is 31.0 Å². The molecular formula is C14H18N4S. The van der Waals surface area contributed by atoms with Crippen LogP contribution in [0.4, 0.5) is 5.69 Å². The van der Waals surface area contributed by atoms with Crippen LogP contribution < -0.4 is 10.6 Å². The maximum atomic E-state index is 5.30. The van der Waals surface area contributed by atoms with E-state index in [4.69, 9.17) is 12.2 Å². The highest BCUT2D eigenvalue weighted by atomic mass is 32.1. The molecule has 2 N–H and O–H groups in total. The summed E-state index contributed by atoms with van der Waals surface area (Å²) in [7, 11) is 1.90. The molecule has 0 spiro atoms. The van der Waals surface area contributed by atoms with Gasteiger partial charge in [-0.25, -0.2) is 0 Å². The van der Waals surface area contributed by atoms with Crippen LogP contribution in [0.3, 0.4) is 0 Å². The van der Waals surface area contributed by atoms with Crippen molar-refractivity contribution in [2.75, 3.05) is 5.32 Å². The second kappa shape index (κ2) is 5.84. The number of benzene rings is 1. The van der Waals surface area contributed by atoms with Crippen LogP contribution in [0, 0.1) is 13.8 Å². The van der Waals surface area contributed by atoms with E-state index < -0.39 is 0 Å². The van der Waals surface area contributed by atoms with Crippen molar-refractivity contribution in [1.82, 2.24) is 15.1 Å². The summed E-state index contributed by atoms with van der Waals surface area (Å²) in [6.07, 6.45) is 3.79. The molecule has 1 aromatic heterocycles. The van der Waals surface area contributed by atoms with Gasteiger partial charge in [-0.2, -0.15) is 5.10 Å². The number of anilines is 1. The largest absolute Gasteiger partial charge is 0.358 e. The van der Waals surface area contributed by atoms with Gasteiger partial charge < -0.3 is 10.6 Å². The maximum Gasteiger partial charge on any atom is 0.171 e. The van der Waals surface area contributed by atoms with E-state index in [1.807, 2.05) is 31.6 Å². The van der Waals surface area contributed by atoms with Crippen molar-refractivity contribution in [2.45, 2.75) is 20.4 Å². The average molecular weight is 274 g/mol. The fraction of sp³-hybridized carbons (Fsp3) is 0.286. The van der Waals surface area contributed by atoms with Crippen LogP contribution in [0.1, 0.15) is 16.7 Å². The van der Waals surface area contributed by atoms with E-state index in [2.05, 4.69) is 35.6 Å². The predicted molar refractivity (Wildman–Crippen MR) is 82.2 cm³/mol. The zero-order chi connectivity index (χ0) is 13.8. The lowest BCUT2D eigenvalue weighted by Crippen LogP contribution is -2.28. The molecular weight excluding hydrogens is 256 g/mol. The molecule has 0 aliphatic rings. The zero-order valence-corrected chi connectivity index (χ0v) is 12.2. The van der Waals surface area contributed by atoms with Crippen LogP contribution in [-0.2, 0) is 13.6 Å². The third kappa shape index (κ3) is 3.54. The van der Waals surface area contributed by atoms with Gasteiger partial charge in [0.15, 0.2) is 5.11 Å². The first-order chi connectivity index (χ1) is 9.06. The second-order valence-electron chi connectivity index (χ2n) is 4.58. The first-order valence-corrected chi connectivity index (χ1v) is 6.55. The Kier molecular flexibility index (Phi) is 4.16. The van der Waals surface area contributed by atoms with E-state index in [1.54, 1.807) is 4.68 Å². The molecule has 0 atom stereocenters. The van der Waals surface area contributed by atoms with Crippen molar-refractivity contribution in [3.05, 3.63) is 47.3 Å².